The van der Waals surface area contributed by atoms with E-state index in [0.29, 0.717) is 25.5 Å². The molecule has 2 aromatic rings. The highest BCUT2D eigenvalue weighted by Crippen LogP contribution is 2.25. The molecule has 0 unspecified atom stereocenters. The Morgan fingerprint density at radius 3 is 2.95 bits per heavy atom. The highest BCUT2D eigenvalue weighted by molar-refractivity contribution is 5.92. The van der Waals surface area contributed by atoms with Gasteiger partial charge in [0.15, 0.2) is 0 Å². The zero-order valence-corrected chi connectivity index (χ0v) is 11.4. The van der Waals surface area contributed by atoms with Crippen LogP contribution in [-0.2, 0) is 11.8 Å². The Balaban J connectivity index is 1.90. The summed E-state index contributed by atoms with van der Waals surface area (Å²) in [5, 5.41) is 0. The number of aryl methyl sites for hydroxylation is 1. The fraction of sp³-hybridized carbons (Fsp3) is 0.333. The van der Waals surface area contributed by atoms with Gasteiger partial charge < -0.3 is 14.2 Å². The summed E-state index contributed by atoms with van der Waals surface area (Å²) in [5.74, 6) is -0.0416. The molecule has 104 valence electrons. The first kappa shape index (κ1) is 12.9. The molecule has 1 saturated heterocycles. The molecule has 0 bridgehead atoms. The largest absolute Gasteiger partial charge is 0.377 e. The number of hydrogen-bond donors (Lipinski definition) is 0. The van der Waals surface area contributed by atoms with Crippen LogP contribution >= 0.6 is 0 Å². The second-order valence-electron chi connectivity index (χ2n) is 4.85. The number of carbonyl (C=O) groups is 1. The quantitative estimate of drug-likeness (QED) is 0.834. The summed E-state index contributed by atoms with van der Waals surface area (Å²) >= 11 is 0. The average Bonchev–Trinajstić information content (AvgIpc) is 2.93. The number of hydrogen-bond acceptors (Lipinski definition) is 3. The molecule has 1 aliphatic rings. The lowest BCUT2D eigenvalue weighted by molar-refractivity contribution is -0.00493. The molecule has 1 amide bonds. The number of ether oxygens (including phenoxy) is 1. The van der Waals surface area contributed by atoms with Crippen LogP contribution in [0.2, 0.25) is 0 Å². The maximum absolute atomic E-state index is 12.6. The van der Waals surface area contributed by atoms with Crippen molar-refractivity contribution in [2.75, 3.05) is 19.8 Å². The third kappa shape index (κ3) is 2.32. The molecule has 1 aliphatic heterocycles. The molecule has 2 aromatic heterocycles. The van der Waals surface area contributed by atoms with Crippen molar-refractivity contribution in [3.8, 4) is 0 Å². The van der Waals surface area contributed by atoms with Gasteiger partial charge in [-0.3, -0.25) is 9.78 Å². The van der Waals surface area contributed by atoms with Crippen molar-refractivity contribution in [2.45, 2.75) is 6.04 Å². The summed E-state index contributed by atoms with van der Waals surface area (Å²) in [6.07, 6.45) is 3.62. The molecular weight excluding hydrogens is 254 g/mol. The predicted octanol–water partition coefficient (Wildman–Crippen LogP) is 1.63. The summed E-state index contributed by atoms with van der Waals surface area (Å²) in [7, 11) is 1.98. The minimum Gasteiger partial charge on any atom is -0.377 e. The normalized spacial score (nSPS) is 19.1. The van der Waals surface area contributed by atoms with Gasteiger partial charge in [-0.25, -0.2) is 0 Å². The van der Waals surface area contributed by atoms with Crippen molar-refractivity contribution in [3.63, 3.8) is 0 Å². The number of rotatable bonds is 2. The smallest absolute Gasteiger partial charge is 0.273 e. The van der Waals surface area contributed by atoms with Crippen molar-refractivity contribution >= 4 is 5.91 Å². The van der Waals surface area contributed by atoms with Crippen LogP contribution in [0.3, 0.4) is 0 Å². The van der Waals surface area contributed by atoms with Gasteiger partial charge in [0.2, 0.25) is 0 Å². The molecule has 5 heteroatoms. The first-order valence-electron chi connectivity index (χ1n) is 6.68. The van der Waals surface area contributed by atoms with Crippen LogP contribution < -0.4 is 0 Å². The number of pyridine rings is 1. The number of amides is 1. The van der Waals surface area contributed by atoms with E-state index in [1.807, 2.05) is 47.0 Å². The minimum atomic E-state index is -0.0572. The van der Waals surface area contributed by atoms with E-state index in [9.17, 15) is 4.79 Å². The van der Waals surface area contributed by atoms with Gasteiger partial charge in [0.05, 0.1) is 19.3 Å². The van der Waals surface area contributed by atoms with Gasteiger partial charge in [0, 0.05) is 31.7 Å². The lowest BCUT2D eigenvalue weighted by atomic mass is 10.1. The van der Waals surface area contributed by atoms with Gasteiger partial charge in [-0.2, -0.15) is 0 Å². The molecule has 1 fully saturated rings. The lowest BCUT2D eigenvalue weighted by Crippen LogP contribution is -2.44. The van der Waals surface area contributed by atoms with E-state index in [1.54, 1.807) is 12.3 Å². The average molecular weight is 271 g/mol. The second-order valence-corrected chi connectivity index (χ2v) is 4.85. The number of carbonyl (C=O) groups excluding carboxylic acids is 1. The molecular formula is C15H17N3O2. The zero-order valence-electron chi connectivity index (χ0n) is 11.4. The summed E-state index contributed by atoms with van der Waals surface area (Å²) < 4.78 is 7.58. The Hall–Kier alpha value is -2.14. The maximum atomic E-state index is 12.6. The Kier molecular flexibility index (Phi) is 3.52. The van der Waals surface area contributed by atoms with Crippen molar-refractivity contribution < 1.29 is 9.53 Å². The van der Waals surface area contributed by atoms with Crippen LogP contribution in [0.1, 0.15) is 22.2 Å². The molecule has 0 radical (unpaired) electrons. The van der Waals surface area contributed by atoms with Gasteiger partial charge in [-0.15, -0.1) is 0 Å². The van der Waals surface area contributed by atoms with Crippen LogP contribution in [-0.4, -0.2) is 40.1 Å². The highest BCUT2D eigenvalue weighted by Gasteiger charge is 2.31. The van der Waals surface area contributed by atoms with Gasteiger partial charge in [-0.1, -0.05) is 6.07 Å². The zero-order chi connectivity index (χ0) is 13.9. The van der Waals surface area contributed by atoms with Crippen LogP contribution in [0.25, 0.3) is 0 Å². The Bertz CT molecular complexity index is 594. The second kappa shape index (κ2) is 5.46. The summed E-state index contributed by atoms with van der Waals surface area (Å²) in [6, 6.07) is 9.34. The van der Waals surface area contributed by atoms with E-state index in [0.717, 1.165) is 5.69 Å². The van der Waals surface area contributed by atoms with Crippen molar-refractivity contribution in [1.29, 1.82) is 0 Å². The predicted molar refractivity (Wildman–Crippen MR) is 74.2 cm³/mol. The molecule has 0 spiro atoms. The summed E-state index contributed by atoms with van der Waals surface area (Å²) in [5.41, 5.74) is 1.56. The molecule has 3 heterocycles. The van der Waals surface area contributed by atoms with Crippen molar-refractivity contribution in [2.24, 2.45) is 7.05 Å². The number of aromatic nitrogens is 2. The highest BCUT2D eigenvalue weighted by atomic mass is 16.5. The van der Waals surface area contributed by atoms with Crippen molar-refractivity contribution in [1.82, 2.24) is 14.5 Å². The Labute approximate surface area is 117 Å². The Morgan fingerprint density at radius 1 is 1.35 bits per heavy atom. The van der Waals surface area contributed by atoms with Crippen molar-refractivity contribution in [3.05, 3.63) is 54.1 Å². The van der Waals surface area contributed by atoms with E-state index in [4.69, 9.17) is 4.74 Å². The molecule has 1 atom stereocenters. The molecule has 0 aliphatic carbocycles. The van der Waals surface area contributed by atoms with Crippen LogP contribution in [0.15, 0.2) is 42.7 Å². The van der Waals surface area contributed by atoms with E-state index in [1.165, 1.54) is 0 Å². The molecule has 0 N–H and O–H groups in total. The van der Waals surface area contributed by atoms with Gasteiger partial charge in [-0.05, 0) is 24.3 Å². The van der Waals surface area contributed by atoms with Gasteiger partial charge in [0.25, 0.3) is 5.91 Å². The topological polar surface area (TPSA) is 47.4 Å². The third-order valence-corrected chi connectivity index (χ3v) is 3.60. The molecule has 0 aromatic carbocycles. The van der Waals surface area contributed by atoms with E-state index < -0.39 is 0 Å². The molecule has 20 heavy (non-hydrogen) atoms. The Morgan fingerprint density at radius 2 is 2.25 bits per heavy atom. The molecule has 0 saturated carbocycles. The molecule has 5 nitrogen and oxygen atoms in total. The van der Waals surface area contributed by atoms with E-state index in [-0.39, 0.29) is 11.9 Å². The monoisotopic (exact) mass is 271 g/mol. The van der Waals surface area contributed by atoms with Gasteiger partial charge in [0.1, 0.15) is 5.69 Å². The fourth-order valence-electron chi connectivity index (χ4n) is 2.55. The lowest BCUT2D eigenvalue weighted by Gasteiger charge is -2.35. The van der Waals surface area contributed by atoms with E-state index >= 15 is 0 Å². The fourth-order valence-corrected chi connectivity index (χ4v) is 2.55. The standard InChI is InChI=1S/C15H17N3O2/c1-17-8-4-6-13(17)14-11-20-10-9-18(14)15(19)12-5-2-3-7-16-12/h2-8,14H,9-11H2,1H3/t14-/m1/s1. The first-order valence-corrected chi connectivity index (χ1v) is 6.68. The van der Waals surface area contributed by atoms with Crippen LogP contribution in [0, 0.1) is 0 Å². The van der Waals surface area contributed by atoms with Crippen LogP contribution in [0.5, 0.6) is 0 Å². The summed E-state index contributed by atoms with van der Waals surface area (Å²) in [4.78, 5) is 18.6. The van der Waals surface area contributed by atoms with E-state index in [2.05, 4.69) is 4.98 Å². The number of morpholine rings is 1. The molecule has 3 rings (SSSR count). The summed E-state index contributed by atoms with van der Waals surface area (Å²) in [6.45, 7) is 1.68. The van der Waals surface area contributed by atoms with Gasteiger partial charge >= 0.3 is 0 Å². The van der Waals surface area contributed by atoms with Crippen LogP contribution in [0.4, 0.5) is 0 Å². The number of nitrogens with zero attached hydrogens (tertiary/aromatic N) is 3. The SMILES string of the molecule is Cn1cccc1[C@H]1COCCN1C(=O)c1ccccn1. The minimum absolute atomic E-state index is 0.0416. The maximum Gasteiger partial charge on any atom is 0.273 e. The third-order valence-electron chi connectivity index (χ3n) is 3.60. The first-order chi connectivity index (χ1) is 9.77.